The number of hydrogen-bond donors (Lipinski definition) is 1. The fourth-order valence-electron chi connectivity index (χ4n) is 5.38. The van der Waals surface area contributed by atoms with Gasteiger partial charge in [-0.2, -0.15) is 0 Å². The van der Waals surface area contributed by atoms with Crippen molar-refractivity contribution in [3.8, 4) is 5.75 Å². The molecule has 2 atom stereocenters. The molecule has 2 heterocycles. The number of benzene rings is 2. The molecule has 1 aliphatic heterocycles. The monoisotopic (exact) mass is 380 g/mol. The van der Waals surface area contributed by atoms with Crippen molar-refractivity contribution in [2.45, 2.75) is 24.7 Å². The third kappa shape index (κ3) is 2.60. The van der Waals surface area contributed by atoms with Crippen molar-refractivity contribution in [1.29, 1.82) is 0 Å². The molecule has 3 nitrogen and oxygen atoms in total. The van der Waals surface area contributed by atoms with Crippen LogP contribution >= 0.6 is 11.6 Å². The number of para-hydroxylation sites is 1. The van der Waals surface area contributed by atoms with Gasteiger partial charge in [0.25, 0.3) is 0 Å². The molecule has 2 unspecified atom stereocenters. The smallest absolute Gasteiger partial charge is 0.119 e. The number of nitrogens with zero attached hydrogens (tertiary/aromatic N) is 1. The van der Waals surface area contributed by atoms with Gasteiger partial charge in [0.15, 0.2) is 0 Å². The molecule has 3 aromatic rings. The molecule has 0 radical (unpaired) electrons. The van der Waals surface area contributed by atoms with Crippen LogP contribution in [0, 0.1) is 5.92 Å². The Hall–Kier alpha value is -1.97. The number of nitrogens with one attached hydrogen (secondary N) is 1. The average molecular weight is 381 g/mol. The van der Waals surface area contributed by atoms with Gasteiger partial charge in [0.1, 0.15) is 5.75 Å². The Labute approximate surface area is 165 Å². The summed E-state index contributed by atoms with van der Waals surface area (Å²) in [7, 11) is 4.00. The molecule has 2 aromatic carbocycles. The number of methoxy groups -OCH3 is 1. The predicted molar refractivity (Wildman–Crippen MR) is 111 cm³/mol. The summed E-state index contributed by atoms with van der Waals surface area (Å²) in [6.45, 7) is 2.26. The highest BCUT2D eigenvalue weighted by atomic mass is 35.5. The number of H-pyrrole nitrogens is 1. The van der Waals surface area contributed by atoms with Crippen LogP contribution in [0.3, 0.4) is 0 Å². The molecule has 1 aromatic heterocycles. The van der Waals surface area contributed by atoms with Crippen LogP contribution in [0.25, 0.3) is 10.9 Å². The summed E-state index contributed by atoms with van der Waals surface area (Å²) < 4.78 is 5.54. The van der Waals surface area contributed by atoms with E-state index >= 15 is 0 Å². The number of hydrogen-bond acceptors (Lipinski definition) is 2. The van der Waals surface area contributed by atoms with Crippen molar-refractivity contribution < 1.29 is 4.74 Å². The van der Waals surface area contributed by atoms with Gasteiger partial charge in [-0.05, 0) is 68.1 Å². The second-order valence-electron chi connectivity index (χ2n) is 8.22. The fourth-order valence-corrected chi connectivity index (χ4v) is 5.60. The molecule has 1 fully saturated rings. The summed E-state index contributed by atoms with van der Waals surface area (Å²) in [5, 5.41) is 2.11. The summed E-state index contributed by atoms with van der Waals surface area (Å²) >= 11 is 6.49. The first kappa shape index (κ1) is 17.2. The van der Waals surface area contributed by atoms with Crippen molar-refractivity contribution in [3.05, 3.63) is 64.3 Å². The van der Waals surface area contributed by atoms with Crippen LogP contribution < -0.4 is 4.74 Å². The predicted octanol–water partition coefficient (Wildman–Crippen LogP) is 4.82. The van der Waals surface area contributed by atoms with Crippen LogP contribution in [-0.2, 0) is 18.3 Å². The Morgan fingerprint density at radius 3 is 2.93 bits per heavy atom. The lowest BCUT2D eigenvalue weighted by atomic mass is 9.59. The second kappa shape index (κ2) is 6.29. The number of halogens is 1. The molecular formula is C23H25ClN2O. The summed E-state index contributed by atoms with van der Waals surface area (Å²) in [5.74, 6) is 1.54. The van der Waals surface area contributed by atoms with E-state index in [2.05, 4.69) is 47.3 Å². The number of rotatable bonds is 2. The third-order valence-electron chi connectivity index (χ3n) is 6.82. The van der Waals surface area contributed by atoms with Gasteiger partial charge >= 0.3 is 0 Å². The molecule has 0 spiro atoms. The van der Waals surface area contributed by atoms with Crippen molar-refractivity contribution >= 4 is 22.5 Å². The summed E-state index contributed by atoms with van der Waals surface area (Å²) in [6.07, 6.45) is 3.31. The Bertz CT molecular complexity index is 1010. The SMILES string of the molecule is COc1cccc(C23CCN(C)CC2Cc2c([nH]c4c(Cl)cccc24)C3)c1. The van der Waals surface area contributed by atoms with E-state index in [1.165, 1.54) is 28.6 Å². The third-order valence-corrected chi connectivity index (χ3v) is 7.13. The van der Waals surface area contributed by atoms with E-state index in [1.54, 1.807) is 7.11 Å². The van der Waals surface area contributed by atoms with E-state index in [1.807, 2.05) is 12.1 Å². The molecule has 1 saturated heterocycles. The molecule has 140 valence electrons. The molecule has 0 saturated carbocycles. The number of piperidine rings is 1. The van der Waals surface area contributed by atoms with E-state index in [0.29, 0.717) is 5.92 Å². The highest BCUT2D eigenvalue weighted by molar-refractivity contribution is 6.35. The largest absolute Gasteiger partial charge is 0.497 e. The van der Waals surface area contributed by atoms with Crippen LogP contribution in [0.5, 0.6) is 5.75 Å². The van der Waals surface area contributed by atoms with Crippen molar-refractivity contribution in [3.63, 3.8) is 0 Å². The number of fused-ring (bicyclic) bond motifs is 4. The van der Waals surface area contributed by atoms with E-state index in [0.717, 1.165) is 42.2 Å². The first-order chi connectivity index (χ1) is 13.1. The van der Waals surface area contributed by atoms with Crippen molar-refractivity contribution in [1.82, 2.24) is 9.88 Å². The number of ether oxygens (including phenoxy) is 1. The quantitative estimate of drug-likeness (QED) is 0.690. The average Bonchev–Trinajstić information content (AvgIpc) is 3.05. The first-order valence-electron chi connectivity index (χ1n) is 9.72. The van der Waals surface area contributed by atoms with Gasteiger partial charge in [-0.15, -0.1) is 0 Å². The van der Waals surface area contributed by atoms with E-state index in [-0.39, 0.29) is 5.41 Å². The lowest BCUT2D eigenvalue weighted by molar-refractivity contribution is 0.0994. The summed E-state index contributed by atoms with van der Waals surface area (Å²) in [5.41, 5.74) is 5.49. The van der Waals surface area contributed by atoms with Gasteiger partial charge in [-0.25, -0.2) is 0 Å². The Kier molecular flexibility index (Phi) is 3.99. The lowest BCUT2D eigenvalue weighted by Crippen LogP contribution is -2.52. The van der Waals surface area contributed by atoms with Crippen LogP contribution in [-0.4, -0.2) is 37.1 Å². The lowest BCUT2D eigenvalue weighted by Gasteiger charge is -2.50. The fraction of sp³-hybridized carbons (Fsp3) is 0.391. The maximum absolute atomic E-state index is 6.49. The van der Waals surface area contributed by atoms with E-state index in [9.17, 15) is 0 Å². The van der Waals surface area contributed by atoms with E-state index in [4.69, 9.17) is 16.3 Å². The van der Waals surface area contributed by atoms with Gasteiger partial charge in [0.2, 0.25) is 0 Å². The van der Waals surface area contributed by atoms with Crippen LogP contribution in [0.1, 0.15) is 23.2 Å². The van der Waals surface area contributed by atoms with Gasteiger partial charge < -0.3 is 14.6 Å². The maximum atomic E-state index is 6.49. The summed E-state index contributed by atoms with van der Waals surface area (Å²) in [6, 6.07) is 15.0. The first-order valence-corrected chi connectivity index (χ1v) is 10.1. The Balaban J connectivity index is 1.68. The zero-order chi connectivity index (χ0) is 18.6. The molecule has 1 N–H and O–H groups in total. The number of aromatic amines is 1. The molecule has 0 amide bonds. The zero-order valence-electron chi connectivity index (χ0n) is 15.9. The Morgan fingerprint density at radius 1 is 1.22 bits per heavy atom. The molecule has 2 aliphatic rings. The summed E-state index contributed by atoms with van der Waals surface area (Å²) in [4.78, 5) is 6.16. The standard InChI is InChI=1S/C23H25ClN2O/c1-26-10-9-23(15-5-3-6-17(11-15)27-2)13-21-19(12-16(23)14-26)18-7-4-8-20(24)22(18)25-21/h3-8,11,16,25H,9-10,12-14H2,1-2H3. The molecular weight excluding hydrogens is 356 g/mol. The van der Waals surface area contributed by atoms with Crippen LogP contribution in [0.4, 0.5) is 0 Å². The molecule has 4 heteroatoms. The van der Waals surface area contributed by atoms with Gasteiger partial charge in [-0.1, -0.05) is 35.9 Å². The second-order valence-corrected chi connectivity index (χ2v) is 8.63. The zero-order valence-corrected chi connectivity index (χ0v) is 16.6. The van der Waals surface area contributed by atoms with Crippen LogP contribution in [0.15, 0.2) is 42.5 Å². The number of likely N-dealkylation sites (tertiary alicyclic amines) is 1. The normalized spacial score (nSPS) is 25.2. The van der Waals surface area contributed by atoms with Crippen molar-refractivity contribution in [2.24, 2.45) is 5.92 Å². The van der Waals surface area contributed by atoms with Gasteiger partial charge in [0, 0.05) is 23.0 Å². The van der Waals surface area contributed by atoms with Crippen molar-refractivity contribution in [2.75, 3.05) is 27.2 Å². The molecule has 5 rings (SSSR count). The van der Waals surface area contributed by atoms with E-state index < -0.39 is 0 Å². The molecule has 27 heavy (non-hydrogen) atoms. The topological polar surface area (TPSA) is 28.3 Å². The van der Waals surface area contributed by atoms with Gasteiger partial charge in [-0.3, -0.25) is 0 Å². The minimum atomic E-state index is 0.154. The van der Waals surface area contributed by atoms with Gasteiger partial charge in [0.05, 0.1) is 17.6 Å². The van der Waals surface area contributed by atoms with Crippen LogP contribution in [0.2, 0.25) is 5.02 Å². The minimum Gasteiger partial charge on any atom is -0.497 e. The number of aromatic nitrogens is 1. The molecule has 0 bridgehead atoms. The minimum absolute atomic E-state index is 0.154. The highest BCUT2D eigenvalue weighted by Gasteiger charge is 2.47. The maximum Gasteiger partial charge on any atom is 0.119 e. The highest BCUT2D eigenvalue weighted by Crippen LogP contribution is 2.49. The Morgan fingerprint density at radius 2 is 2.07 bits per heavy atom. The molecule has 1 aliphatic carbocycles.